The molecule has 1 aromatic heterocycles. The number of sulfonamides is 1. The number of aromatic nitrogens is 2. The van der Waals surface area contributed by atoms with E-state index in [1.165, 1.54) is 17.5 Å². The second-order valence-electron chi connectivity index (χ2n) is 7.46. The fourth-order valence-corrected chi connectivity index (χ4v) is 5.62. The number of piperazine rings is 1. The maximum absolute atomic E-state index is 13.1. The smallest absolute Gasteiger partial charge is 0.243 e. The van der Waals surface area contributed by atoms with Crippen LogP contribution in [0.4, 0.5) is 0 Å². The van der Waals surface area contributed by atoms with Crippen molar-refractivity contribution in [3.63, 3.8) is 0 Å². The quantitative estimate of drug-likeness (QED) is 0.732. The zero-order valence-corrected chi connectivity index (χ0v) is 17.3. The molecular formula is C19H26N4O2S2. The number of aryl methyl sites for hydroxylation is 3. The van der Waals surface area contributed by atoms with Crippen molar-refractivity contribution >= 4 is 22.2 Å². The fraction of sp³-hybridized carbons (Fsp3) is 0.526. The highest BCUT2D eigenvalue weighted by Crippen LogP contribution is 2.26. The average Bonchev–Trinajstić information content (AvgIpc) is 3.00. The topological polar surface area (TPSA) is 50.5 Å². The van der Waals surface area contributed by atoms with Crippen LogP contribution < -0.4 is 0 Å². The van der Waals surface area contributed by atoms with Gasteiger partial charge in [0.25, 0.3) is 0 Å². The monoisotopic (exact) mass is 406 g/mol. The van der Waals surface area contributed by atoms with Gasteiger partial charge in [-0.3, -0.25) is 4.90 Å². The second kappa shape index (κ2) is 7.50. The predicted molar refractivity (Wildman–Crippen MR) is 108 cm³/mol. The van der Waals surface area contributed by atoms with E-state index in [0.29, 0.717) is 37.7 Å². The van der Waals surface area contributed by atoms with Gasteiger partial charge in [0.05, 0.1) is 11.6 Å². The summed E-state index contributed by atoms with van der Waals surface area (Å²) in [6, 6.07) is 5.70. The summed E-state index contributed by atoms with van der Waals surface area (Å²) in [5, 5.41) is 0. The summed E-state index contributed by atoms with van der Waals surface area (Å²) >= 11 is 5.38. The highest BCUT2D eigenvalue weighted by atomic mass is 32.2. The maximum Gasteiger partial charge on any atom is 0.243 e. The average molecular weight is 407 g/mol. The lowest BCUT2D eigenvalue weighted by molar-refractivity contribution is 0.151. The maximum atomic E-state index is 13.1. The van der Waals surface area contributed by atoms with Crippen molar-refractivity contribution in [2.24, 2.45) is 7.05 Å². The van der Waals surface area contributed by atoms with Crippen molar-refractivity contribution in [2.75, 3.05) is 26.2 Å². The molecule has 6 nitrogen and oxygen atoms in total. The van der Waals surface area contributed by atoms with E-state index in [1.54, 1.807) is 10.4 Å². The summed E-state index contributed by atoms with van der Waals surface area (Å²) in [5.41, 5.74) is 2.52. The molecule has 0 radical (unpaired) electrons. The van der Waals surface area contributed by atoms with Crippen LogP contribution in [0.15, 0.2) is 35.5 Å². The van der Waals surface area contributed by atoms with Crippen LogP contribution in [0.3, 0.4) is 0 Å². The number of fused-ring (bicyclic) bond motifs is 1. The van der Waals surface area contributed by atoms with Crippen LogP contribution >= 0.6 is 12.2 Å². The first-order valence-corrected chi connectivity index (χ1v) is 11.4. The molecule has 0 N–H and O–H groups in total. The minimum absolute atomic E-state index is 0.446. The minimum Gasteiger partial charge on any atom is -0.327 e. The van der Waals surface area contributed by atoms with E-state index in [0.717, 1.165) is 24.0 Å². The Balaban J connectivity index is 1.44. The number of hydrogen-bond donors (Lipinski definition) is 0. The molecule has 27 heavy (non-hydrogen) atoms. The third-order valence-corrected chi connectivity index (χ3v) is 8.08. The minimum atomic E-state index is -3.42. The van der Waals surface area contributed by atoms with E-state index < -0.39 is 10.0 Å². The zero-order chi connectivity index (χ0) is 19.0. The molecule has 0 bridgehead atoms. The van der Waals surface area contributed by atoms with Gasteiger partial charge in [-0.15, -0.1) is 0 Å². The Labute approximate surface area is 166 Å². The second-order valence-corrected chi connectivity index (χ2v) is 9.77. The molecule has 0 saturated carbocycles. The Morgan fingerprint density at radius 3 is 2.37 bits per heavy atom. The number of nitrogens with zero attached hydrogens (tertiary/aromatic N) is 4. The van der Waals surface area contributed by atoms with Crippen LogP contribution in [0, 0.1) is 4.77 Å². The molecule has 1 saturated heterocycles. The first-order chi connectivity index (χ1) is 12.9. The van der Waals surface area contributed by atoms with Gasteiger partial charge < -0.3 is 9.13 Å². The molecule has 1 aliphatic carbocycles. The van der Waals surface area contributed by atoms with Crippen molar-refractivity contribution < 1.29 is 8.42 Å². The van der Waals surface area contributed by atoms with E-state index in [4.69, 9.17) is 12.2 Å². The van der Waals surface area contributed by atoms with Crippen molar-refractivity contribution in [1.82, 2.24) is 18.3 Å². The molecule has 2 aliphatic rings. The van der Waals surface area contributed by atoms with Gasteiger partial charge in [0, 0.05) is 45.6 Å². The first kappa shape index (κ1) is 18.9. The van der Waals surface area contributed by atoms with Crippen molar-refractivity contribution in [1.29, 1.82) is 0 Å². The number of rotatable bonds is 4. The third-order valence-electron chi connectivity index (χ3n) is 5.66. The van der Waals surface area contributed by atoms with Gasteiger partial charge >= 0.3 is 0 Å². The van der Waals surface area contributed by atoms with E-state index >= 15 is 0 Å². The zero-order valence-electron chi connectivity index (χ0n) is 15.7. The molecule has 1 fully saturated rings. The van der Waals surface area contributed by atoms with Gasteiger partial charge in [-0.1, -0.05) is 6.07 Å². The van der Waals surface area contributed by atoms with Gasteiger partial charge in [0.1, 0.15) is 0 Å². The Morgan fingerprint density at radius 2 is 1.70 bits per heavy atom. The van der Waals surface area contributed by atoms with Gasteiger partial charge in [0.15, 0.2) is 4.77 Å². The molecule has 146 valence electrons. The van der Waals surface area contributed by atoms with Crippen LogP contribution in [0.5, 0.6) is 0 Å². The predicted octanol–water partition coefficient (Wildman–Crippen LogP) is 2.40. The molecule has 2 aromatic rings. The highest BCUT2D eigenvalue weighted by Gasteiger charge is 2.29. The molecule has 0 spiro atoms. The summed E-state index contributed by atoms with van der Waals surface area (Å²) in [6.45, 7) is 3.15. The normalized spacial score (nSPS) is 19.1. The van der Waals surface area contributed by atoms with Crippen molar-refractivity contribution in [3.05, 3.63) is 46.5 Å². The summed E-state index contributed by atoms with van der Waals surface area (Å²) < 4.78 is 32.5. The number of hydrogen-bond acceptors (Lipinski definition) is 4. The van der Waals surface area contributed by atoms with Gasteiger partial charge in [0.2, 0.25) is 10.0 Å². The van der Waals surface area contributed by atoms with E-state index in [2.05, 4.69) is 4.90 Å². The molecule has 0 unspecified atom stereocenters. The van der Waals surface area contributed by atoms with Crippen molar-refractivity contribution in [3.8, 4) is 0 Å². The first-order valence-electron chi connectivity index (χ1n) is 9.51. The molecule has 4 rings (SSSR count). The van der Waals surface area contributed by atoms with E-state index in [-0.39, 0.29) is 0 Å². The van der Waals surface area contributed by atoms with Crippen LogP contribution in [0.2, 0.25) is 0 Å². The number of benzene rings is 1. The third kappa shape index (κ3) is 3.76. The van der Waals surface area contributed by atoms with Gasteiger partial charge in [-0.05, 0) is 61.2 Å². The lowest BCUT2D eigenvalue weighted by Crippen LogP contribution is -2.48. The van der Waals surface area contributed by atoms with E-state index in [9.17, 15) is 8.42 Å². The molecule has 0 amide bonds. The van der Waals surface area contributed by atoms with Gasteiger partial charge in [-0.2, -0.15) is 4.31 Å². The highest BCUT2D eigenvalue weighted by molar-refractivity contribution is 7.89. The number of imidazole rings is 1. The van der Waals surface area contributed by atoms with Crippen LogP contribution in [0.25, 0.3) is 0 Å². The Kier molecular flexibility index (Phi) is 5.24. The lowest BCUT2D eigenvalue weighted by Gasteiger charge is -2.34. The Bertz CT molecular complexity index is 985. The standard InChI is InChI=1S/C19H26N4O2S2/c1-20-8-11-22(19(20)26)15-21-9-12-23(13-10-21)27(24,25)18-7-6-16-4-2-3-5-17(16)14-18/h6-8,11,14H,2-5,9-10,12-13,15H2,1H3. The molecule has 0 atom stereocenters. The summed E-state index contributed by atoms with van der Waals surface area (Å²) in [6.07, 6.45) is 8.32. The molecule has 1 aliphatic heterocycles. The summed E-state index contributed by atoms with van der Waals surface area (Å²) in [4.78, 5) is 2.69. The largest absolute Gasteiger partial charge is 0.327 e. The van der Waals surface area contributed by atoms with Crippen LogP contribution in [-0.4, -0.2) is 52.9 Å². The van der Waals surface area contributed by atoms with E-state index in [1.807, 2.05) is 40.7 Å². The Morgan fingerprint density at radius 1 is 1.00 bits per heavy atom. The van der Waals surface area contributed by atoms with Crippen LogP contribution in [-0.2, 0) is 36.6 Å². The van der Waals surface area contributed by atoms with Crippen LogP contribution in [0.1, 0.15) is 24.0 Å². The summed E-state index contributed by atoms with van der Waals surface area (Å²) in [5.74, 6) is 0. The fourth-order valence-electron chi connectivity index (χ4n) is 3.96. The SMILES string of the molecule is Cn1ccn(CN2CCN(S(=O)(=O)c3ccc4c(c3)CCCC4)CC2)c1=S. The van der Waals surface area contributed by atoms with Gasteiger partial charge in [-0.25, -0.2) is 8.42 Å². The molecule has 2 heterocycles. The molecular weight excluding hydrogens is 380 g/mol. The molecule has 8 heteroatoms. The summed E-state index contributed by atoms with van der Waals surface area (Å²) in [7, 11) is -1.49. The Hall–Kier alpha value is -1.48. The lowest BCUT2D eigenvalue weighted by atomic mass is 9.92. The molecule has 1 aromatic carbocycles. The van der Waals surface area contributed by atoms with Crippen molar-refractivity contribution in [2.45, 2.75) is 37.2 Å².